The molecule has 7 nitrogen and oxygen atoms in total. The summed E-state index contributed by atoms with van der Waals surface area (Å²) >= 11 is 0. The van der Waals surface area contributed by atoms with Crippen LogP contribution in [0.5, 0.6) is 0 Å². The Morgan fingerprint density at radius 2 is 1.76 bits per heavy atom. The van der Waals surface area contributed by atoms with Gasteiger partial charge in [-0.3, -0.25) is 14.5 Å². The number of furan rings is 1. The molecule has 33 heavy (non-hydrogen) atoms. The average Bonchev–Trinajstić information content (AvgIpc) is 3.36. The summed E-state index contributed by atoms with van der Waals surface area (Å²) in [7, 11) is 0. The summed E-state index contributed by atoms with van der Waals surface area (Å²) in [5.74, 6) is 0.215. The number of nitrogens with zero attached hydrogens (tertiary/aromatic N) is 2. The van der Waals surface area contributed by atoms with E-state index in [4.69, 9.17) is 4.42 Å². The van der Waals surface area contributed by atoms with Crippen molar-refractivity contribution in [1.29, 1.82) is 0 Å². The highest BCUT2D eigenvalue weighted by atomic mass is 16.3. The molecule has 0 aliphatic carbocycles. The number of benzene rings is 2. The first kappa shape index (κ1) is 21.2. The van der Waals surface area contributed by atoms with Crippen LogP contribution in [-0.4, -0.2) is 47.3 Å². The number of likely N-dealkylation sites (tertiary alicyclic amines) is 1. The topological polar surface area (TPSA) is 82.9 Å². The van der Waals surface area contributed by atoms with Crippen LogP contribution in [0.4, 0.5) is 4.79 Å². The van der Waals surface area contributed by atoms with Gasteiger partial charge in [-0.1, -0.05) is 48.5 Å². The highest BCUT2D eigenvalue weighted by Crippen LogP contribution is 2.33. The Bertz CT molecular complexity index is 1160. The van der Waals surface area contributed by atoms with E-state index in [2.05, 4.69) is 17.4 Å². The van der Waals surface area contributed by atoms with Gasteiger partial charge in [0.2, 0.25) is 5.91 Å². The number of para-hydroxylation sites is 1. The molecule has 170 valence electrons. The standard InChI is InChI=1S/C26H27N3O4/c1-26(22-16-20-9-5-6-10-21(20)33-22)24(31)29(25(32)27-26)17-23(30)28-13-11-19(12-14-28)15-18-7-3-2-4-8-18/h2-10,16,19H,11-15,17H2,1H3,(H,27,32)/t26-/m1/s1. The van der Waals surface area contributed by atoms with Gasteiger partial charge in [0.1, 0.15) is 17.9 Å². The highest BCUT2D eigenvalue weighted by molar-refractivity contribution is 6.09. The van der Waals surface area contributed by atoms with E-state index >= 15 is 0 Å². The molecule has 3 aromatic rings. The van der Waals surface area contributed by atoms with Gasteiger partial charge < -0.3 is 14.6 Å². The van der Waals surface area contributed by atoms with Crippen molar-refractivity contribution in [2.45, 2.75) is 31.7 Å². The zero-order valence-corrected chi connectivity index (χ0v) is 18.6. The first-order chi connectivity index (χ1) is 15.9. The van der Waals surface area contributed by atoms with E-state index in [1.807, 2.05) is 42.5 Å². The molecule has 2 aliphatic heterocycles. The van der Waals surface area contributed by atoms with E-state index in [0.29, 0.717) is 30.4 Å². The third kappa shape index (κ3) is 3.99. The third-order valence-corrected chi connectivity index (χ3v) is 6.82. The first-order valence-corrected chi connectivity index (χ1v) is 11.4. The molecule has 0 bridgehead atoms. The van der Waals surface area contributed by atoms with E-state index in [-0.39, 0.29) is 12.5 Å². The molecule has 2 fully saturated rings. The van der Waals surface area contributed by atoms with Crippen molar-refractivity contribution in [2.24, 2.45) is 5.92 Å². The van der Waals surface area contributed by atoms with Gasteiger partial charge in [-0.15, -0.1) is 0 Å². The van der Waals surface area contributed by atoms with E-state index in [0.717, 1.165) is 29.5 Å². The molecule has 0 spiro atoms. The monoisotopic (exact) mass is 445 g/mol. The molecular formula is C26H27N3O4. The van der Waals surface area contributed by atoms with E-state index in [9.17, 15) is 14.4 Å². The molecule has 0 unspecified atom stereocenters. The number of fused-ring (bicyclic) bond motifs is 1. The molecule has 2 aromatic carbocycles. The maximum absolute atomic E-state index is 13.2. The summed E-state index contributed by atoms with van der Waals surface area (Å²) in [5, 5.41) is 3.57. The van der Waals surface area contributed by atoms with E-state index in [1.54, 1.807) is 17.9 Å². The van der Waals surface area contributed by atoms with Crippen molar-refractivity contribution in [2.75, 3.05) is 19.6 Å². The van der Waals surface area contributed by atoms with Gasteiger partial charge in [0, 0.05) is 18.5 Å². The quantitative estimate of drug-likeness (QED) is 0.608. The van der Waals surface area contributed by atoms with Crippen molar-refractivity contribution in [3.63, 3.8) is 0 Å². The summed E-state index contributed by atoms with van der Waals surface area (Å²) in [5.41, 5.74) is 0.620. The van der Waals surface area contributed by atoms with Crippen molar-refractivity contribution < 1.29 is 18.8 Å². The minimum Gasteiger partial charge on any atom is -0.458 e. The first-order valence-electron chi connectivity index (χ1n) is 11.4. The van der Waals surface area contributed by atoms with Crippen molar-refractivity contribution in [3.8, 4) is 0 Å². The highest BCUT2D eigenvalue weighted by Gasteiger charge is 2.52. The van der Waals surface area contributed by atoms with Crippen LogP contribution in [0.2, 0.25) is 0 Å². The molecule has 1 atom stereocenters. The molecular weight excluding hydrogens is 418 g/mol. The van der Waals surface area contributed by atoms with Crippen LogP contribution in [0.3, 0.4) is 0 Å². The molecule has 1 N–H and O–H groups in total. The molecule has 2 aliphatic rings. The predicted octanol–water partition coefficient (Wildman–Crippen LogP) is 3.68. The lowest BCUT2D eigenvalue weighted by atomic mass is 9.90. The third-order valence-electron chi connectivity index (χ3n) is 6.82. The molecule has 5 rings (SSSR count). The maximum atomic E-state index is 13.2. The lowest BCUT2D eigenvalue weighted by Crippen LogP contribution is -2.46. The fourth-order valence-electron chi connectivity index (χ4n) is 4.81. The summed E-state index contributed by atoms with van der Waals surface area (Å²) in [6, 6.07) is 19.0. The summed E-state index contributed by atoms with van der Waals surface area (Å²) in [6.45, 7) is 2.63. The van der Waals surface area contributed by atoms with Crippen LogP contribution in [0, 0.1) is 5.92 Å². The average molecular weight is 446 g/mol. The van der Waals surface area contributed by atoms with Crippen molar-refractivity contribution >= 4 is 28.8 Å². The van der Waals surface area contributed by atoms with Crippen molar-refractivity contribution in [1.82, 2.24) is 15.1 Å². The Morgan fingerprint density at radius 3 is 2.48 bits per heavy atom. The van der Waals surface area contributed by atoms with Gasteiger partial charge in [0.25, 0.3) is 5.91 Å². The Balaban J connectivity index is 1.22. The fourth-order valence-corrected chi connectivity index (χ4v) is 4.81. The second-order valence-corrected chi connectivity index (χ2v) is 9.11. The number of carbonyl (C=O) groups excluding carboxylic acids is 3. The molecule has 7 heteroatoms. The molecule has 0 saturated carbocycles. The van der Waals surface area contributed by atoms with Crippen LogP contribution < -0.4 is 5.32 Å². The van der Waals surface area contributed by atoms with Crippen LogP contribution in [0.25, 0.3) is 11.0 Å². The zero-order valence-electron chi connectivity index (χ0n) is 18.6. The van der Waals surface area contributed by atoms with E-state index in [1.165, 1.54) is 5.56 Å². The number of piperidine rings is 1. The van der Waals surface area contributed by atoms with Crippen molar-refractivity contribution in [3.05, 3.63) is 72.0 Å². The van der Waals surface area contributed by atoms with E-state index < -0.39 is 17.5 Å². The number of nitrogens with one attached hydrogen (secondary N) is 1. The van der Waals surface area contributed by atoms with Crippen LogP contribution in [0.15, 0.2) is 65.1 Å². The largest absolute Gasteiger partial charge is 0.458 e. The predicted molar refractivity (Wildman–Crippen MR) is 123 cm³/mol. The number of hydrogen-bond acceptors (Lipinski definition) is 4. The lowest BCUT2D eigenvalue weighted by molar-refractivity contribution is -0.139. The fraction of sp³-hybridized carbons (Fsp3) is 0.346. The Labute approximate surface area is 192 Å². The zero-order chi connectivity index (χ0) is 23.0. The minimum atomic E-state index is -1.33. The Kier molecular flexibility index (Phi) is 5.40. The van der Waals surface area contributed by atoms with Gasteiger partial charge in [-0.2, -0.15) is 0 Å². The molecule has 0 radical (unpaired) electrons. The Hall–Kier alpha value is -3.61. The minimum absolute atomic E-state index is 0.203. The number of urea groups is 1. The number of amides is 4. The molecule has 1 aromatic heterocycles. The maximum Gasteiger partial charge on any atom is 0.325 e. The van der Waals surface area contributed by atoms with Gasteiger partial charge in [-0.25, -0.2) is 4.79 Å². The SMILES string of the molecule is C[C@]1(c2cc3ccccc3o2)NC(=O)N(CC(=O)N2CCC(Cc3ccccc3)CC2)C1=O. The lowest BCUT2D eigenvalue weighted by Gasteiger charge is -2.33. The summed E-state index contributed by atoms with van der Waals surface area (Å²) < 4.78 is 5.85. The number of hydrogen-bond donors (Lipinski definition) is 1. The second-order valence-electron chi connectivity index (χ2n) is 9.11. The summed E-state index contributed by atoms with van der Waals surface area (Å²) in [6.07, 6.45) is 2.83. The van der Waals surface area contributed by atoms with Crippen LogP contribution in [0.1, 0.15) is 31.1 Å². The number of imide groups is 1. The number of carbonyl (C=O) groups is 3. The normalized spacial score (nSPS) is 21.6. The molecule has 2 saturated heterocycles. The van der Waals surface area contributed by atoms with Crippen LogP contribution in [-0.2, 0) is 21.5 Å². The summed E-state index contributed by atoms with van der Waals surface area (Å²) in [4.78, 5) is 41.5. The van der Waals surface area contributed by atoms with Gasteiger partial charge in [0.05, 0.1) is 0 Å². The van der Waals surface area contributed by atoms with Gasteiger partial charge >= 0.3 is 6.03 Å². The number of rotatable bonds is 5. The van der Waals surface area contributed by atoms with Gasteiger partial charge in [-0.05, 0) is 49.8 Å². The van der Waals surface area contributed by atoms with Crippen LogP contribution >= 0.6 is 0 Å². The molecule has 3 heterocycles. The Morgan fingerprint density at radius 1 is 1.06 bits per heavy atom. The molecule has 4 amide bonds. The smallest absolute Gasteiger partial charge is 0.325 e. The van der Waals surface area contributed by atoms with Gasteiger partial charge in [0.15, 0.2) is 5.54 Å². The second kappa shape index (κ2) is 8.39.